The SMILES string of the molecule is Cc1cccc(OCC(O)CN2CC(C)OC(C)C2)c1C.Cl. The number of rotatable bonds is 5. The maximum absolute atomic E-state index is 10.2. The van der Waals surface area contributed by atoms with Crippen molar-refractivity contribution < 1.29 is 14.6 Å². The fourth-order valence-corrected chi connectivity index (χ4v) is 2.85. The van der Waals surface area contributed by atoms with Crippen LogP contribution in [-0.4, -0.2) is 54.6 Å². The van der Waals surface area contributed by atoms with Gasteiger partial charge in [-0.1, -0.05) is 12.1 Å². The van der Waals surface area contributed by atoms with Gasteiger partial charge in [0.1, 0.15) is 18.5 Å². The fraction of sp³-hybridized carbons (Fsp3) is 0.647. The number of morpholine rings is 1. The van der Waals surface area contributed by atoms with Gasteiger partial charge in [0.2, 0.25) is 0 Å². The van der Waals surface area contributed by atoms with Gasteiger partial charge in [0.25, 0.3) is 0 Å². The smallest absolute Gasteiger partial charge is 0.122 e. The van der Waals surface area contributed by atoms with Crippen LogP contribution in [0.25, 0.3) is 0 Å². The number of β-amino-alcohol motifs (C(OH)–C–C–N with tert-alkyl or cyclic N) is 1. The lowest BCUT2D eigenvalue weighted by Crippen LogP contribution is -2.48. The average molecular weight is 330 g/mol. The summed E-state index contributed by atoms with van der Waals surface area (Å²) >= 11 is 0. The Morgan fingerprint density at radius 1 is 1.27 bits per heavy atom. The summed E-state index contributed by atoms with van der Waals surface area (Å²) in [4.78, 5) is 2.25. The van der Waals surface area contributed by atoms with Crippen molar-refractivity contribution in [3.05, 3.63) is 29.3 Å². The number of benzene rings is 1. The Balaban J connectivity index is 0.00000242. The van der Waals surface area contributed by atoms with Crippen LogP contribution in [0.5, 0.6) is 5.75 Å². The Hall–Kier alpha value is -0.810. The third-order valence-electron chi connectivity index (χ3n) is 3.95. The molecule has 4 nitrogen and oxygen atoms in total. The summed E-state index contributed by atoms with van der Waals surface area (Å²) in [6.07, 6.45) is -0.0378. The lowest BCUT2D eigenvalue weighted by atomic mass is 10.1. The molecule has 0 spiro atoms. The maximum atomic E-state index is 10.2. The van der Waals surface area contributed by atoms with Crippen LogP contribution in [0, 0.1) is 13.8 Å². The standard InChI is InChI=1S/C17H27NO3.ClH/c1-12-6-5-7-17(15(12)4)20-11-16(19)10-18-8-13(2)21-14(3)9-18;/h5-7,13-14,16,19H,8-11H2,1-4H3;1H. The molecule has 1 aliphatic rings. The van der Waals surface area contributed by atoms with Crippen LogP contribution in [0.3, 0.4) is 0 Å². The summed E-state index contributed by atoms with van der Waals surface area (Å²) < 4.78 is 11.5. The van der Waals surface area contributed by atoms with Crippen LogP contribution in [0.1, 0.15) is 25.0 Å². The number of nitrogens with zero attached hydrogens (tertiary/aromatic N) is 1. The van der Waals surface area contributed by atoms with Gasteiger partial charge in [-0.3, -0.25) is 4.90 Å². The molecule has 0 amide bonds. The second-order valence-electron chi connectivity index (χ2n) is 6.14. The molecule has 126 valence electrons. The quantitative estimate of drug-likeness (QED) is 0.901. The van der Waals surface area contributed by atoms with Crippen molar-refractivity contribution >= 4 is 12.4 Å². The molecule has 22 heavy (non-hydrogen) atoms. The first-order valence-corrected chi connectivity index (χ1v) is 7.70. The van der Waals surface area contributed by atoms with Gasteiger partial charge >= 0.3 is 0 Å². The van der Waals surface area contributed by atoms with Gasteiger partial charge < -0.3 is 14.6 Å². The van der Waals surface area contributed by atoms with Crippen molar-refractivity contribution in [3.63, 3.8) is 0 Å². The molecular formula is C17H28ClNO3. The van der Waals surface area contributed by atoms with Crippen LogP contribution in [0.4, 0.5) is 0 Å². The monoisotopic (exact) mass is 329 g/mol. The van der Waals surface area contributed by atoms with Crippen LogP contribution in [0.15, 0.2) is 18.2 Å². The summed E-state index contributed by atoms with van der Waals surface area (Å²) in [5, 5.41) is 10.2. The van der Waals surface area contributed by atoms with E-state index in [2.05, 4.69) is 31.7 Å². The van der Waals surface area contributed by atoms with Crippen molar-refractivity contribution in [2.45, 2.75) is 46.0 Å². The maximum Gasteiger partial charge on any atom is 0.122 e. The zero-order chi connectivity index (χ0) is 15.4. The normalized spacial score (nSPS) is 23.7. The van der Waals surface area contributed by atoms with Gasteiger partial charge in [-0.2, -0.15) is 0 Å². The minimum atomic E-state index is -0.484. The van der Waals surface area contributed by atoms with Crippen LogP contribution in [0.2, 0.25) is 0 Å². The summed E-state index contributed by atoms with van der Waals surface area (Å²) in [6.45, 7) is 10.9. The van der Waals surface area contributed by atoms with Crippen molar-refractivity contribution in [3.8, 4) is 5.75 Å². The van der Waals surface area contributed by atoms with E-state index in [1.165, 1.54) is 5.56 Å². The van der Waals surface area contributed by atoms with Crippen molar-refractivity contribution in [2.75, 3.05) is 26.2 Å². The number of halogens is 1. The van der Waals surface area contributed by atoms with E-state index in [1.807, 2.05) is 19.1 Å². The molecule has 1 saturated heterocycles. The molecule has 1 aromatic rings. The molecule has 5 heteroatoms. The molecule has 0 aromatic heterocycles. The van der Waals surface area contributed by atoms with Gasteiger partial charge in [-0.15, -0.1) is 12.4 Å². The molecule has 3 unspecified atom stereocenters. The van der Waals surface area contributed by atoms with E-state index in [-0.39, 0.29) is 24.6 Å². The molecular weight excluding hydrogens is 302 g/mol. The van der Waals surface area contributed by atoms with E-state index >= 15 is 0 Å². The molecule has 1 aliphatic heterocycles. The van der Waals surface area contributed by atoms with Crippen molar-refractivity contribution in [1.82, 2.24) is 4.90 Å². The van der Waals surface area contributed by atoms with Crippen molar-refractivity contribution in [1.29, 1.82) is 0 Å². The van der Waals surface area contributed by atoms with Gasteiger partial charge in [0.05, 0.1) is 12.2 Å². The highest BCUT2D eigenvalue weighted by molar-refractivity contribution is 5.85. The number of aliphatic hydroxyl groups excluding tert-OH is 1. The molecule has 1 fully saturated rings. The molecule has 3 atom stereocenters. The second-order valence-corrected chi connectivity index (χ2v) is 6.14. The second kappa shape index (κ2) is 8.73. The number of hydrogen-bond donors (Lipinski definition) is 1. The van der Waals surface area contributed by atoms with E-state index < -0.39 is 6.10 Å². The highest BCUT2D eigenvalue weighted by Gasteiger charge is 2.24. The predicted molar refractivity (Wildman–Crippen MR) is 91.1 cm³/mol. The largest absolute Gasteiger partial charge is 0.491 e. The van der Waals surface area contributed by atoms with Gasteiger partial charge in [0, 0.05) is 19.6 Å². The Morgan fingerprint density at radius 2 is 1.91 bits per heavy atom. The fourth-order valence-electron chi connectivity index (χ4n) is 2.85. The van der Waals surface area contributed by atoms with Crippen LogP contribution in [-0.2, 0) is 4.74 Å². The third kappa shape index (κ3) is 5.43. The van der Waals surface area contributed by atoms with Crippen LogP contribution < -0.4 is 4.74 Å². The molecule has 0 radical (unpaired) electrons. The molecule has 0 bridgehead atoms. The average Bonchev–Trinajstić information content (AvgIpc) is 2.39. The third-order valence-corrected chi connectivity index (χ3v) is 3.95. The molecule has 1 heterocycles. The zero-order valence-electron chi connectivity index (χ0n) is 13.9. The number of aryl methyl sites for hydroxylation is 1. The molecule has 0 aliphatic carbocycles. The van der Waals surface area contributed by atoms with E-state index in [1.54, 1.807) is 0 Å². The van der Waals surface area contributed by atoms with E-state index in [0.29, 0.717) is 13.2 Å². The lowest BCUT2D eigenvalue weighted by molar-refractivity contribution is -0.0786. The minimum Gasteiger partial charge on any atom is -0.491 e. The molecule has 1 aromatic carbocycles. The highest BCUT2D eigenvalue weighted by Crippen LogP contribution is 2.20. The number of ether oxygens (including phenoxy) is 2. The summed E-state index contributed by atoms with van der Waals surface area (Å²) in [7, 11) is 0. The number of hydrogen-bond acceptors (Lipinski definition) is 4. The zero-order valence-corrected chi connectivity index (χ0v) is 14.7. The van der Waals surface area contributed by atoms with E-state index in [0.717, 1.165) is 24.4 Å². The Labute approximate surface area is 139 Å². The predicted octanol–water partition coefficient (Wildman–Crippen LogP) is 2.57. The van der Waals surface area contributed by atoms with Gasteiger partial charge in [0.15, 0.2) is 0 Å². The molecule has 0 saturated carbocycles. The van der Waals surface area contributed by atoms with E-state index in [9.17, 15) is 5.11 Å². The molecule has 1 N–H and O–H groups in total. The first kappa shape index (κ1) is 19.2. The Morgan fingerprint density at radius 3 is 2.55 bits per heavy atom. The Bertz CT molecular complexity index is 459. The first-order chi connectivity index (χ1) is 9.95. The summed E-state index contributed by atoms with van der Waals surface area (Å²) in [5.41, 5.74) is 2.34. The summed E-state index contributed by atoms with van der Waals surface area (Å²) in [5.74, 6) is 0.859. The van der Waals surface area contributed by atoms with Crippen molar-refractivity contribution in [2.24, 2.45) is 0 Å². The Kier molecular flexibility index (Phi) is 7.63. The number of aliphatic hydroxyl groups is 1. The molecule has 2 rings (SSSR count). The first-order valence-electron chi connectivity index (χ1n) is 7.70. The van der Waals surface area contributed by atoms with Gasteiger partial charge in [-0.25, -0.2) is 0 Å². The minimum absolute atomic E-state index is 0. The van der Waals surface area contributed by atoms with Gasteiger partial charge in [-0.05, 0) is 44.9 Å². The topological polar surface area (TPSA) is 41.9 Å². The lowest BCUT2D eigenvalue weighted by Gasteiger charge is -2.36. The van der Waals surface area contributed by atoms with Crippen LogP contribution >= 0.6 is 12.4 Å². The highest BCUT2D eigenvalue weighted by atomic mass is 35.5. The summed E-state index contributed by atoms with van der Waals surface area (Å²) in [6, 6.07) is 6.00. The van der Waals surface area contributed by atoms with E-state index in [4.69, 9.17) is 9.47 Å².